The first-order valence-corrected chi connectivity index (χ1v) is 42.5. The summed E-state index contributed by atoms with van der Waals surface area (Å²) in [6.45, 7) is 8.05. The second-order valence-electron chi connectivity index (χ2n) is 26.3. The van der Waals surface area contributed by atoms with Crippen molar-refractivity contribution in [3.05, 3.63) is 151 Å². The summed E-state index contributed by atoms with van der Waals surface area (Å²) in [5, 5.41) is 53.6. The van der Waals surface area contributed by atoms with Crippen LogP contribution in [-0.4, -0.2) is 208 Å². The molecule has 7 rings (SSSR count). The SMILES string of the molecule is CCCc1cc2c(cc1C)C(c1ccccc1C(=O)N(C)CCCC(=O)NCCNC(=O)c1cccc(C(=O)NC(CCCSSCCC(=O)NCC#Cc3cn([C@H]4CC(O)[C@@H](COP(=O)(O)OP(=O)(O)OP(=O)(O)O)O4)c(=O)nc3N)C(=O)NC(CC(=O)O)C(=O)NC(CC(=O)O)C(=O)O)c1)C1C=C(C)C(=NCC)C=C1C2. The van der Waals surface area contributed by atoms with Gasteiger partial charge in [-0.3, -0.25) is 57.2 Å². The minimum atomic E-state index is -5.85. The monoisotopic (exact) mass is 1670 g/mol. The molecule has 1 saturated heterocycles. The number of aliphatic hydroxyl groups excluding tert-OH is 1. The molecule has 8 unspecified atom stereocenters. The van der Waals surface area contributed by atoms with Crippen molar-refractivity contribution in [1.82, 2.24) is 46.4 Å². The number of rotatable bonds is 41. The first kappa shape index (κ1) is 91.0. The van der Waals surface area contributed by atoms with Gasteiger partial charge >= 0.3 is 47.1 Å². The van der Waals surface area contributed by atoms with E-state index in [1.54, 1.807) is 11.9 Å². The Labute approximate surface area is 656 Å². The number of carboxylic acids is 3. The molecule has 1 fully saturated rings. The largest absolute Gasteiger partial charge is 0.490 e. The average Bonchev–Trinajstić information content (AvgIpc) is 1.26. The zero-order chi connectivity index (χ0) is 83.1. The molecule has 4 aromatic rings. The normalized spacial score (nSPS) is 18.6. The number of phosphoric acid groups is 3. The Morgan fingerprint density at radius 2 is 1.45 bits per heavy atom. The smallest absolute Gasteiger partial charge is 0.481 e. The average molecular weight is 1670 g/mol. The molecule has 2 aliphatic carbocycles. The topological polar surface area (TPSA) is 569 Å². The van der Waals surface area contributed by atoms with Gasteiger partial charge in [0.05, 0.1) is 43.4 Å². The van der Waals surface area contributed by atoms with Crippen LogP contribution < -0.4 is 43.3 Å². The fourth-order valence-electron chi connectivity index (χ4n) is 12.4. The van der Waals surface area contributed by atoms with Crippen LogP contribution >= 0.6 is 45.1 Å². The number of ether oxygens (including phenoxy) is 1. The first-order valence-electron chi connectivity index (χ1n) is 35.5. The van der Waals surface area contributed by atoms with Crippen LogP contribution in [0.4, 0.5) is 5.82 Å². The number of nitrogens with two attached hydrogens (primary N) is 1. The van der Waals surface area contributed by atoms with Crippen molar-refractivity contribution in [2.24, 2.45) is 10.9 Å². The number of aliphatic imine (C=N–C) groups is 1. The predicted molar refractivity (Wildman–Crippen MR) is 412 cm³/mol. The lowest BCUT2D eigenvalue weighted by Gasteiger charge is -2.38. The summed E-state index contributed by atoms with van der Waals surface area (Å²) in [5.41, 5.74) is 14.5. The molecule has 37 nitrogen and oxygen atoms in total. The maximum atomic E-state index is 14.5. The molecule has 3 aromatic carbocycles. The second kappa shape index (κ2) is 42.2. The molecule has 1 aliphatic heterocycles. The van der Waals surface area contributed by atoms with Gasteiger partial charge in [-0.15, -0.1) is 0 Å². The lowest BCUT2D eigenvalue weighted by atomic mass is 9.65. The lowest BCUT2D eigenvalue weighted by Crippen LogP contribution is -2.56. The van der Waals surface area contributed by atoms with E-state index < -0.39 is 133 Å². The molecule has 0 bridgehead atoms. The molecule has 10 atom stereocenters. The number of hydrogen-bond acceptors (Lipinski definition) is 24. The van der Waals surface area contributed by atoms with Crippen LogP contribution in [0.2, 0.25) is 0 Å². The number of nitrogens with zero attached hydrogens (tertiary/aromatic N) is 4. The van der Waals surface area contributed by atoms with Crippen molar-refractivity contribution < 1.29 is 120 Å². The highest BCUT2D eigenvalue weighted by Gasteiger charge is 2.44. The molecule has 2 heterocycles. The number of phosphoric ester groups is 1. The quantitative estimate of drug-likeness (QED) is 0.0129. The van der Waals surface area contributed by atoms with Crippen LogP contribution in [0.1, 0.15) is 155 Å². The number of carbonyl (C=O) groups is 10. The van der Waals surface area contributed by atoms with Crippen LogP contribution in [0.3, 0.4) is 0 Å². The minimum Gasteiger partial charge on any atom is -0.481 e. The van der Waals surface area contributed by atoms with Crippen molar-refractivity contribution in [2.45, 2.75) is 141 Å². The molecule has 3 aliphatic rings. The fourth-order valence-corrected chi connectivity index (χ4v) is 17.6. The van der Waals surface area contributed by atoms with Crippen LogP contribution in [0.15, 0.2) is 99.9 Å². The summed E-state index contributed by atoms with van der Waals surface area (Å²) in [6, 6.07) is 12.1. The molecule has 1 aromatic heterocycles. The van der Waals surface area contributed by atoms with Crippen LogP contribution in [0, 0.1) is 24.7 Å². The number of nitrogens with one attached hydrogen (secondary N) is 6. The molecule has 612 valence electrons. The first-order chi connectivity index (χ1) is 53.4. The van der Waals surface area contributed by atoms with E-state index in [1.165, 1.54) is 73.7 Å². The zero-order valence-electron chi connectivity index (χ0n) is 62.0. The van der Waals surface area contributed by atoms with Crippen molar-refractivity contribution in [2.75, 3.05) is 63.6 Å². The van der Waals surface area contributed by atoms with Gasteiger partial charge in [0, 0.05) is 98.7 Å². The maximum absolute atomic E-state index is 14.5. The number of fused-ring (bicyclic) bond motifs is 2. The third-order valence-corrected chi connectivity index (χ3v) is 24.1. The number of aryl methyl sites for hydroxylation is 2. The van der Waals surface area contributed by atoms with E-state index in [2.05, 4.69) is 102 Å². The van der Waals surface area contributed by atoms with E-state index in [0.717, 1.165) is 46.9 Å². The molecule has 0 radical (unpaired) electrons. The molecular formula is C71H90N11O26P3S2. The molecule has 16 N–H and O–H groups in total. The summed E-state index contributed by atoms with van der Waals surface area (Å²) < 4.78 is 53.0. The Morgan fingerprint density at radius 1 is 0.788 bits per heavy atom. The number of allylic oxidation sites excluding steroid dienone is 4. The number of anilines is 1. The van der Waals surface area contributed by atoms with E-state index in [9.17, 15) is 96.6 Å². The highest BCUT2D eigenvalue weighted by Crippen LogP contribution is 2.66. The van der Waals surface area contributed by atoms with Gasteiger partial charge in [-0.2, -0.15) is 13.6 Å². The fraction of sp³-hybridized carbons (Fsp3) is 0.451. The van der Waals surface area contributed by atoms with Gasteiger partial charge in [0.15, 0.2) is 0 Å². The summed E-state index contributed by atoms with van der Waals surface area (Å²) in [4.78, 5) is 190. The van der Waals surface area contributed by atoms with Crippen molar-refractivity contribution >= 4 is 116 Å². The van der Waals surface area contributed by atoms with Gasteiger partial charge in [-0.25, -0.2) is 23.3 Å². The molecule has 0 saturated carbocycles. The lowest BCUT2D eigenvalue weighted by molar-refractivity contribution is -0.148. The van der Waals surface area contributed by atoms with Crippen LogP contribution in [0.25, 0.3) is 0 Å². The van der Waals surface area contributed by atoms with Crippen molar-refractivity contribution in [3.63, 3.8) is 0 Å². The Kier molecular flexibility index (Phi) is 34.0. The number of hydrogen-bond donors (Lipinski definition) is 15. The Morgan fingerprint density at radius 3 is 2.14 bits per heavy atom. The highest BCUT2D eigenvalue weighted by molar-refractivity contribution is 8.76. The molecule has 42 heteroatoms. The van der Waals surface area contributed by atoms with E-state index in [0.29, 0.717) is 18.5 Å². The third kappa shape index (κ3) is 27.8. The Balaban J connectivity index is 0.890. The zero-order valence-corrected chi connectivity index (χ0v) is 66.3. The van der Waals surface area contributed by atoms with Crippen LogP contribution in [0.5, 0.6) is 0 Å². The standard InChI is InChI=1S/C71H90N11O26P3S2/c1-6-14-42-31-46-33-47-34-53(73-7-2)41(4)30-51(47)63(50(46)29-40(42)3)48-18-8-9-19-49(48)69(94)81(5)26-12-21-58(84)75-24-25-76-65(90)43-15-10-16-44(32-43)66(91)77-52(67(92)78-54(35-61(86)87)68(93)79-55(70(95)96)36-62(88)89)20-13-27-112-113-28-22-59(85)74-23-11-17-45-38-82(71(97)80-64(45)72)60-37-56(83)57(106-60)39-105-110(101,102)108-111(103,104)107-109(98,99)100/h8-10,15-16,18-19,29-32,34,38,51-52,54-57,60,63,83H,6-7,12-14,20-28,33,35-37,39H2,1-5H3,(H,74,85)(H,75,84)(H,76,90)(H,77,91)(H,78,92)(H,79,93)(H,86,87)(H,88,89)(H,95,96)(H,101,102)(H,103,104)(H2,72,80,97)(H2,98,99,100)/t51?,52?,54?,55?,56?,57-,60-,63?/m1/s1. The summed E-state index contributed by atoms with van der Waals surface area (Å²) in [5.74, 6) is -4.68. The van der Waals surface area contributed by atoms with Gasteiger partial charge in [0.25, 0.3) is 17.7 Å². The molecule has 113 heavy (non-hydrogen) atoms. The number of nitrogen functional groups attached to an aromatic ring is 1. The van der Waals surface area contributed by atoms with E-state index in [1.807, 2.05) is 36.5 Å². The van der Waals surface area contributed by atoms with Gasteiger partial charge in [-0.1, -0.05) is 94.8 Å². The van der Waals surface area contributed by atoms with Crippen molar-refractivity contribution in [1.29, 1.82) is 0 Å². The molecule has 7 amide bonds. The van der Waals surface area contributed by atoms with Crippen LogP contribution in [-0.2, 0) is 78.0 Å². The van der Waals surface area contributed by atoms with Gasteiger partial charge in [0.2, 0.25) is 23.6 Å². The Hall–Kier alpha value is -9.22. The summed E-state index contributed by atoms with van der Waals surface area (Å²) in [7, 11) is -12.9. The molecule has 0 spiro atoms. The van der Waals surface area contributed by atoms with E-state index >= 15 is 0 Å². The number of benzene rings is 3. The summed E-state index contributed by atoms with van der Waals surface area (Å²) >= 11 is 0. The van der Waals surface area contributed by atoms with Gasteiger partial charge in [-0.05, 0) is 117 Å². The number of carboxylic acid groups (broad SMARTS) is 3. The number of carbonyl (C=O) groups excluding carboxylic acids is 7. The predicted octanol–water partition coefficient (Wildman–Crippen LogP) is 3.95. The number of aromatic nitrogens is 2. The molecular weight excluding hydrogens is 1580 g/mol. The Bertz CT molecular complexity index is 4620. The minimum absolute atomic E-state index is 0.00396. The van der Waals surface area contributed by atoms with Gasteiger partial charge in [0.1, 0.15) is 36.3 Å². The highest BCUT2D eigenvalue weighted by atomic mass is 33.1. The number of aliphatic hydroxyl groups is 1. The van der Waals surface area contributed by atoms with Crippen molar-refractivity contribution in [3.8, 4) is 11.8 Å². The maximum Gasteiger partial charge on any atom is 0.490 e. The third-order valence-electron chi connectivity index (χ3n) is 17.8. The van der Waals surface area contributed by atoms with Gasteiger partial charge < -0.3 is 87.3 Å². The van der Waals surface area contributed by atoms with E-state index in [4.69, 9.17) is 25.2 Å². The summed E-state index contributed by atoms with van der Waals surface area (Å²) in [6.07, 6.45) is 1.85. The number of aliphatic carboxylic acids is 3. The second-order valence-corrected chi connectivity index (χ2v) is 33.4. The van der Waals surface area contributed by atoms with E-state index in [-0.39, 0.29) is 116 Å². The number of amides is 7.